The first kappa shape index (κ1) is 15.4. The molecule has 1 aromatic heterocycles. The van der Waals surface area contributed by atoms with Crippen LogP contribution in [0.5, 0.6) is 5.75 Å². The van der Waals surface area contributed by atoms with Crippen molar-refractivity contribution in [2.75, 3.05) is 0 Å². The van der Waals surface area contributed by atoms with E-state index in [9.17, 15) is 13.2 Å². The minimum Gasteiger partial charge on any atom is -0.404 e. The molecule has 0 fully saturated rings. The molecule has 2 rings (SSSR count). The average Bonchev–Trinajstić information content (AvgIpc) is 2.73. The number of rotatable bonds is 4. The lowest BCUT2D eigenvalue weighted by Gasteiger charge is -2.15. The molecule has 0 unspecified atom stereocenters. The third kappa shape index (κ3) is 4.24. The Morgan fingerprint density at radius 2 is 2.00 bits per heavy atom. The van der Waals surface area contributed by atoms with E-state index in [4.69, 9.17) is 0 Å². The van der Waals surface area contributed by atoms with Crippen molar-refractivity contribution in [2.45, 2.75) is 33.6 Å². The Labute approximate surface area is 121 Å². The van der Waals surface area contributed by atoms with E-state index in [0.717, 1.165) is 11.3 Å². The van der Waals surface area contributed by atoms with Crippen molar-refractivity contribution in [3.05, 3.63) is 42.0 Å². The highest BCUT2D eigenvalue weighted by Crippen LogP contribution is 2.31. The van der Waals surface area contributed by atoms with Gasteiger partial charge in [0, 0.05) is 6.20 Å². The van der Waals surface area contributed by atoms with Gasteiger partial charge in [-0.25, -0.2) is 4.98 Å². The first-order valence-corrected chi connectivity index (χ1v) is 6.64. The average molecular weight is 298 g/mol. The van der Waals surface area contributed by atoms with Crippen LogP contribution in [0.4, 0.5) is 13.2 Å². The van der Waals surface area contributed by atoms with E-state index < -0.39 is 6.36 Å². The Kier molecular flexibility index (Phi) is 4.25. The number of imidazole rings is 1. The van der Waals surface area contributed by atoms with Crippen LogP contribution in [0.1, 0.15) is 25.1 Å². The van der Waals surface area contributed by atoms with Crippen LogP contribution >= 0.6 is 0 Å². The topological polar surface area (TPSA) is 27.1 Å². The molecule has 2 aromatic rings. The molecule has 0 aliphatic heterocycles. The molecule has 1 heterocycles. The fourth-order valence-electron chi connectivity index (χ4n) is 2.13. The predicted molar refractivity (Wildman–Crippen MR) is 73.5 cm³/mol. The molecule has 0 N–H and O–H groups in total. The summed E-state index contributed by atoms with van der Waals surface area (Å²) in [5.74, 6) is 0.142. The Hall–Kier alpha value is -1.98. The minimum atomic E-state index is -4.72. The Morgan fingerprint density at radius 1 is 1.29 bits per heavy atom. The molecule has 0 atom stereocenters. The molecule has 0 radical (unpaired) electrons. The highest BCUT2D eigenvalue weighted by molar-refractivity contribution is 5.49. The number of hydrogen-bond acceptors (Lipinski definition) is 2. The highest BCUT2D eigenvalue weighted by atomic mass is 19.4. The van der Waals surface area contributed by atoms with Gasteiger partial charge in [-0.3, -0.25) is 0 Å². The van der Waals surface area contributed by atoms with Crippen LogP contribution < -0.4 is 4.74 Å². The lowest BCUT2D eigenvalue weighted by molar-refractivity contribution is -0.274. The molecule has 0 amide bonds. The molecule has 0 aliphatic carbocycles. The summed E-state index contributed by atoms with van der Waals surface area (Å²) in [5.41, 5.74) is 1.85. The van der Waals surface area contributed by atoms with Crippen LogP contribution in [0.3, 0.4) is 0 Å². The van der Waals surface area contributed by atoms with Gasteiger partial charge in [0.25, 0.3) is 0 Å². The van der Waals surface area contributed by atoms with Gasteiger partial charge in [0.15, 0.2) is 5.75 Å². The third-order valence-corrected chi connectivity index (χ3v) is 2.88. The second-order valence-corrected chi connectivity index (χ2v) is 5.37. The third-order valence-electron chi connectivity index (χ3n) is 2.88. The van der Waals surface area contributed by atoms with Crippen molar-refractivity contribution >= 4 is 0 Å². The van der Waals surface area contributed by atoms with Crippen LogP contribution in [0.25, 0.3) is 5.69 Å². The zero-order valence-corrected chi connectivity index (χ0v) is 12.1. The molecule has 0 aliphatic rings. The number of benzene rings is 1. The van der Waals surface area contributed by atoms with Gasteiger partial charge in [-0.15, -0.1) is 13.2 Å². The normalized spacial score (nSPS) is 12.0. The van der Waals surface area contributed by atoms with Crippen molar-refractivity contribution in [3.63, 3.8) is 0 Å². The monoisotopic (exact) mass is 298 g/mol. The number of halogens is 3. The van der Waals surface area contributed by atoms with E-state index in [1.165, 1.54) is 17.0 Å². The smallest absolute Gasteiger partial charge is 0.404 e. The Bertz CT molecular complexity index is 618. The number of ether oxygens (including phenoxy) is 1. The summed E-state index contributed by atoms with van der Waals surface area (Å²) in [7, 11) is 0. The zero-order valence-electron chi connectivity index (χ0n) is 12.1. The molecule has 0 spiro atoms. The SMILES string of the molecule is Cc1cn(-c2ccc(CC(C)C)cc2OC(F)(F)F)cn1. The summed E-state index contributed by atoms with van der Waals surface area (Å²) in [6.45, 7) is 5.79. The summed E-state index contributed by atoms with van der Waals surface area (Å²) in [4.78, 5) is 4.03. The van der Waals surface area contributed by atoms with Crippen LogP contribution in [-0.4, -0.2) is 15.9 Å². The summed E-state index contributed by atoms with van der Waals surface area (Å²) >= 11 is 0. The maximum Gasteiger partial charge on any atom is 0.573 e. The van der Waals surface area contributed by atoms with E-state index >= 15 is 0 Å². The van der Waals surface area contributed by atoms with E-state index in [1.807, 2.05) is 19.9 Å². The molecule has 3 nitrogen and oxygen atoms in total. The molecule has 6 heteroatoms. The summed E-state index contributed by atoms with van der Waals surface area (Å²) in [6.07, 6.45) is -0.908. The summed E-state index contributed by atoms with van der Waals surface area (Å²) in [5, 5.41) is 0. The van der Waals surface area contributed by atoms with Gasteiger partial charge in [-0.05, 0) is 37.0 Å². The zero-order chi connectivity index (χ0) is 15.6. The maximum atomic E-state index is 12.6. The van der Waals surface area contributed by atoms with Gasteiger partial charge in [0.05, 0.1) is 17.7 Å². The van der Waals surface area contributed by atoms with Gasteiger partial charge in [0.2, 0.25) is 0 Å². The van der Waals surface area contributed by atoms with Crippen molar-refractivity contribution < 1.29 is 17.9 Å². The van der Waals surface area contributed by atoms with E-state index in [1.54, 1.807) is 19.2 Å². The van der Waals surface area contributed by atoms with Crippen molar-refractivity contribution in [2.24, 2.45) is 5.92 Å². The van der Waals surface area contributed by atoms with Crippen LogP contribution in [0, 0.1) is 12.8 Å². The summed E-state index contributed by atoms with van der Waals surface area (Å²) in [6, 6.07) is 4.88. The molecular weight excluding hydrogens is 281 g/mol. The van der Waals surface area contributed by atoms with Crippen LogP contribution in [0.15, 0.2) is 30.7 Å². The molecule has 0 saturated heterocycles. The standard InChI is InChI=1S/C15H17F3N2O/c1-10(2)6-12-4-5-13(20-8-11(3)19-9-20)14(7-12)21-15(16,17)18/h4-5,7-10H,6H2,1-3H3. The molecule has 114 valence electrons. The predicted octanol–water partition coefficient (Wildman–Crippen LogP) is 4.28. The second kappa shape index (κ2) is 5.79. The highest BCUT2D eigenvalue weighted by Gasteiger charge is 2.32. The number of aromatic nitrogens is 2. The van der Waals surface area contributed by atoms with E-state index in [0.29, 0.717) is 18.0 Å². The van der Waals surface area contributed by atoms with E-state index in [-0.39, 0.29) is 5.75 Å². The number of aryl methyl sites for hydroxylation is 1. The number of hydrogen-bond donors (Lipinski definition) is 0. The molecule has 21 heavy (non-hydrogen) atoms. The molecule has 1 aromatic carbocycles. The van der Waals surface area contributed by atoms with Gasteiger partial charge >= 0.3 is 6.36 Å². The molecule has 0 saturated carbocycles. The molecular formula is C15H17F3N2O. The van der Waals surface area contributed by atoms with Crippen molar-refractivity contribution in [1.29, 1.82) is 0 Å². The lowest BCUT2D eigenvalue weighted by Crippen LogP contribution is -2.18. The Morgan fingerprint density at radius 3 is 2.52 bits per heavy atom. The lowest BCUT2D eigenvalue weighted by atomic mass is 10.0. The van der Waals surface area contributed by atoms with Gasteiger partial charge in [-0.2, -0.15) is 0 Å². The fraction of sp³-hybridized carbons (Fsp3) is 0.400. The first-order valence-electron chi connectivity index (χ1n) is 6.64. The Balaban J connectivity index is 2.43. The number of nitrogens with zero attached hydrogens (tertiary/aromatic N) is 2. The van der Waals surface area contributed by atoms with Crippen LogP contribution in [0.2, 0.25) is 0 Å². The van der Waals surface area contributed by atoms with E-state index in [2.05, 4.69) is 9.72 Å². The van der Waals surface area contributed by atoms with Crippen LogP contribution in [-0.2, 0) is 6.42 Å². The van der Waals surface area contributed by atoms with Gasteiger partial charge in [0.1, 0.15) is 0 Å². The van der Waals surface area contributed by atoms with Crippen molar-refractivity contribution in [1.82, 2.24) is 9.55 Å². The van der Waals surface area contributed by atoms with Gasteiger partial charge in [-0.1, -0.05) is 19.9 Å². The second-order valence-electron chi connectivity index (χ2n) is 5.37. The van der Waals surface area contributed by atoms with Crippen molar-refractivity contribution in [3.8, 4) is 11.4 Å². The minimum absolute atomic E-state index is 0.210. The molecule has 0 bridgehead atoms. The largest absolute Gasteiger partial charge is 0.573 e. The quantitative estimate of drug-likeness (QED) is 0.842. The fourth-order valence-corrected chi connectivity index (χ4v) is 2.13. The first-order chi connectivity index (χ1) is 9.74. The maximum absolute atomic E-state index is 12.6. The van der Waals surface area contributed by atoms with Gasteiger partial charge < -0.3 is 9.30 Å². The summed E-state index contributed by atoms with van der Waals surface area (Å²) < 4.78 is 43.5. The number of alkyl halides is 3.